The Labute approximate surface area is 94.9 Å². The molecule has 0 aliphatic carbocycles. The first-order valence-electron chi connectivity index (χ1n) is 5.44. The van der Waals surface area contributed by atoms with Crippen LogP contribution in [-0.2, 0) is 13.2 Å². The Kier molecular flexibility index (Phi) is 3.53. The fraction of sp³-hybridized carbons (Fsp3) is 0.333. The molecule has 0 saturated carbocycles. The van der Waals surface area contributed by atoms with Crippen molar-refractivity contribution in [2.75, 3.05) is 0 Å². The van der Waals surface area contributed by atoms with Gasteiger partial charge < -0.3 is 4.74 Å². The van der Waals surface area contributed by atoms with Gasteiger partial charge in [-0.1, -0.05) is 25.1 Å². The maximum Gasteiger partial charge on any atom is 0.164 e. The average Bonchev–Trinajstić information content (AvgIpc) is 2.76. The van der Waals surface area contributed by atoms with Crippen molar-refractivity contribution in [2.45, 2.75) is 26.5 Å². The van der Waals surface area contributed by atoms with E-state index in [1.165, 1.54) is 0 Å². The third-order valence-corrected chi connectivity index (χ3v) is 2.24. The molecule has 4 nitrogen and oxygen atoms in total. The summed E-state index contributed by atoms with van der Waals surface area (Å²) in [5.41, 5.74) is 0. The molecule has 0 atom stereocenters. The molecule has 0 aliphatic heterocycles. The highest BCUT2D eigenvalue weighted by atomic mass is 16.5. The first-order chi connectivity index (χ1) is 7.90. The zero-order valence-corrected chi connectivity index (χ0v) is 9.34. The monoisotopic (exact) mass is 217 g/mol. The Morgan fingerprint density at radius 1 is 1.25 bits per heavy atom. The van der Waals surface area contributed by atoms with Gasteiger partial charge in [0.15, 0.2) is 5.82 Å². The fourth-order valence-corrected chi connectivity index (χ4v) is 1.46. The van der Waals surface area contributed by atoms with Gasteiger partial charge in [0.05, 0.1) is 0 Å². The summed E-state index contributed by atoms with van der Waals surface area (Å²) in [6, 6.07) is 9.73. The number of aromatic nitrogens is 3. The Morgan fingerprint density at radius 2 is 2.06 bits per heavy atom. The summed E-state index contributed by atoms with van der Waals surface area (Å²) < 4.78 is 7.49. The van der Waals surface area contributed by atoms with E-state index in [0.29, 0.717) is 6.61 Å². The third-order valence-electron chi connectivity index (χ3n) is 2.24. The number of rotatable bonds is 5. The van der Waals surface area contributed by atoms with Crippen LogP contribution in [0.1, 0.15) is 19.2 Å². The highest BCUT2D eigenvalue weighted by Crippen LogP contribution is 2.10. The van der Waals surface area contributed by atoms with Crippen molar-refractivity contribution in [1.29, 1.82) is 0 Å². The summed E-state index contributed by atoms with van der Waals surface area (Å²) >= 11 is 0. The van der Waals surface area contributed by atoms with Crippen molar-refractivity contribution in [3.8, 4) is 5.75 Å². The van der Waals surface area contributed by atoms with Crippen molar-refractivity contribution in [3.63, 3.8) is 0 Å². The lowest BCUT2D eigenvalue weighted by molar-refractivity contribution is 0.286. The Hall–Kier alpha value is -1.84. The van der Waals surface area contributed by atoms with Crippen LogP contribution in [-0.4, -0.2) is 14.8 Å². The van der Waals surface area contributed by atoms with Crippen LogP contribution in [0, 0.1) is 0 Å². The summed E-state index contributed by atoms with van der Waals surface area (Å²) in [7, 11) is 0. The van der Waals surface area contributed by atoms with Gasteiger partial charge in [-0.05, 0) is 18.6 Å². The van der Waals surface area contributed by atoms with Gasteiger partial charge in [0.25, 0.3) is 0 Å². The molecule has 1 heterocycles. The molecule has 2 rings (SSSR count). The molecule has 0 aliphatic rings. The van der Waals surface area contributed by atoms with Crippen molar-refractivity contribution >= 4 is 0 Å². The topological polar surface area (TPSA) is 39.9 Å². The van der Waals surface area contributed by atoms with Gasteiger partial charge in [-0.2, -0.15) is 5.10 Å². The molecule has 0 unspecified atom stereocenters. The van der Waals surface area contributed by atoms with Crippen molar-refractivity contribution in [1.82, 2.24) is 14.8 Å². The normalized spacial score (nSPS) is 10.3. The lowest BCUT2D eigenvalue weighted by atomic mass is 10.3. The molecule has 1 aromatic carbocycles. The number of hydrogen-bond acceptors (Lipinski definition) is 3. The second kappa shape index (κ2) is 5.30. The predicted molar refractivity (Wildman–Crippen MR) is 61.1 cm³/mol. The van der Waals surface area contributed by atoms with E-state index in [1.54, 1.807) is 6.33 Å². The highest BCUT2D eigenvalue weighted by molar-refractivity contribution is 5.20. The maximum atomic E-state index is 5.61. The zero-order chi connectivity index (χ0) is 11.2. The minimum absolute atomic E-state index is 0.462. The molecular formula is C12H15N3O. The number of ether oxygens (including phenoxy) is 1. The van der Waals surface area contributed by atoms with E-state index in [-0.39, 0.29) is 0 Å². The number of nitrogens with zero attached hydrogens (tertiary/aromatic N) is 3. The second-order valence-electron chi connectivity index (χ2n) is 3.50. The van der Waals surface area contributed by atoms with Crippen LogP contribution in [0.3, 0.4) is 0 Å². The molecule has 0 saturated heterocycles. The van der Waals surface area contributed by atoms with Gasteiger partial charge >= 0.3 is 0 Å². The third kappa shape index (κ3) is 2.59. The molecular weight excluding hydrogens is 202 g/mol. The molecule has 1 aromatic heterocycles. The van der Waals surface area contributed by atoms with E-state index in [1.807, 2.05) is 35.0 Å². The second-order valence-corrected chi connectivity index (χ2v) is 3.50. The van der Waals surface area contributed by atoms with Crippen molar-refractivity contribution < 1.29 is 4.74 Å². The minimum atomic E-state index is 0.462. The van der Waals surface area contributed by atoms with Crippen LogP contribution < -0.4 is 4.74 Å². The van der Waals surface area contributed by atoms with Gasteiger partial charge in [-0.3, -0.25) is 0 Å². The molecule has 4 heteroatoms. The van der Waals surface area contributed by atoms with Crippen LogP contribution in [0.25, 0.3) is 0 Å². The smallest absolute Gasteiger partial charge is 0.164 e. The molecule has 0 spiro atoms. The Balaban J connectivity index is 1.97. The molecule has 84 valence electrons. The van der Waals surface area contributed by atoms with E-state index in [0.717, 1.165) is 24.5 Å². The number of para-hydroxylation sites is 1. The van der Waals surface area contributed by atoms with Crippen LogP contribution in [0.4, 0.5) is 0 Å². The van der Waals surface area contributed by atoms with Crippen molar-refractivity contribution in [2.24, 2.45) is 0 Å². The summed E-state index contributed by atoms with van der Waals surface area (Å²) in [6.07, 6.45) is 2.61. The molecule has 0 bridgehead atoms. The summed E-state index contributed by atoms with van der Waals surface area (Å²) in [5, 5.41) is 4.14. The van der Waals surface area contributed by atoms with Crippen LogP contribution >= 0.6 is 0 Å². The SMILES string of the molecule is CCCn1ncnc1COc1ccccc1. The molecule has 0 amide bonds. The summed E-state index contributed by atoms with van der Waals surface area (Å²) in [5.74, 6) is 1.72. The molecule has 2 aromatic rings. The lowest BCUT2D eigenvalue weighted by Gasteiger charge is -2.06. The van der Waals surface area contributed by atoms with Crippen LogP contribution in [0.15, 0.2) is 36.7 Å². The van der Waals surface area contributed by atoms with E-state index in [9.17, 15) is 0 Å². The quantitative estimate of drug-likeness (QED) is 0.771. The summed E-state index contributed by atoms with van der Waals surface area (Å²) in [4.78, 5) is 4.18. The number of hydrogen-bond donors (Lipinski definition) is 0. The zero-order valence-electron chi connectivity index (χ0n) is 9.34. The standard InChI is InChI=1S/C12H15N3O/c1-2-8-15-12(13-10-14-15)9-16-11-6-4-3-5-7-11/h3-7,10H,2,8-9H2,1H3. The fourth-order valence-electron chi connectivity index (χ4n) is 1.46. The highest BCUT2D eigenvalue weighted by Gasteiger charge is 2.03. The first-order valence-corrected chi connectivity index (χ1v) is 5.44. The van der Waals surface area contributed by atoms with E-state index in [2.05, 4.69) is 17.0 Å². The summed E-state index contributed by atoms with van der Waals surface area (Å²) in [6.45, 7) is 3.46. The van der Waals surface area contributed by atoms with Gasteiger partial charge in [0.1, 0.15) is 18.7 Å². The Bertz CT molecular complexity index is 425. The number of aryl methyl sites for hydroxylation is 1. The van der Waals surface area contributed by atoms with Crippen molar-refractivity contribution in [3.05, 3.63) is 42.5 Å². The van der Waals surface area contributed by atoms with Gasteiger partial charge in [0, 0.05) is 6.54 Å². The van der Waals surface area contributed by atoms with Gasteiger partial charge in [-0.15, -0.1) is 0 Å². The van der Waals surface area contributed by atoms with Crippen LogP contribution in [0.5, 0.6) is 5.75 Å². The van der Waals surface area contributed by atoms with Crippen LogP contribution in [0.2, 0.25) is 0 Å². The molecule has 0 N–H and O–H groups in total. The largest absolute Gasteiger partial charge is 0.486 e. The minimum Gasteiger partial charge on any atom is -0.486 e. The first kappa shape index (κ1) is 10.7. The predicted octanol–water partition coefficient (Wildman–Crippen LogP) is 2.27. The molecule has 0 radical (unpaired) electrons. The lowest BCUT2D eigenvalue weighted by Crippen LogP contribution is -2.08. The molecule has 0 fully saturated rings. The van der Waals surface area contributed by atoms with E-state index in [4.69, 9.17) is 4.74 Å². The maximum absolute atomic E-state index is 5.61. The van der Waals surface area contributed by atoms with E-state index >= 15 is 0 Å². The van der Waals surface area contributed by atoms with Gasteiger partial charge in [-0.25, -0.2) is 9.67 Å². The Morgan fingerprint density at radius 3 is 2.81 bits per heavy atom. The van der Waals surface area contributed by atoms with E-state index < -0.39 is 0 Å². The molecule has 16 heavy (non-hydrogen) atoms. The van der Waals surface area contributed by atoms with Gasteiger partial charge in [0.2, 0.25) is 0 Å². The number of benzene rings is 1. The average molecular weight is 217 g/mol.